The van der Waals surface area contributed by atoms with Gasteiger partial charge in [-0.15, -0.1) is 0 Å². The predicted molar refractivity (Wildman–Crippen MR) is 109 cm³/mol. The average Bonchev–Trinajstić information content (AvgIpc) is 2.70. The monoisotopic (exact) mass is 359 g/mol. The molecule has 0 spiro atoms. The minimum Gasteiger partial charge on any atom is -0.492 e. The molecule has 0 radical (unpaired) electrons. The van der Waals surface area contributed by atoms with Crippen LogP contribution in [0.15, 0.2) is 78.9 Å². The van der Waals surface area contributed by atoms with Crippen molar-refractivity contribution in [1.82, 2.24) is 5.32 Å². The van der Waals surface area contributed by atoms with Gasteiger partial charge in [-0.1, -0.05) is 66.7 Å². The topological polar surface area (TPSA) is 38.3 Å². The first kappa shape index (κ1) is 18.7. The number of carbonyl (C=O) groups is 1. The SMILES string of the molecule is Cc1ccc(OCCNC(=O)C(c2ccccc2)c2ccccc2)cc1C. The summed E-state index contributed by atoms with van der Waals surface area (Å²) in [7, 11) is 0. The second kappa shape index (κ2) is 9.04. The van der Waals surface area contributed by atoms with E-state index in [1.807, 2.05) is 78.9 Å². The first-order valence-corrected chi connectivity index (χ1v) is 9.23. The molecule has 0 aromatic heterocycles. The van der Waals surface area contributed by atoms with Crippen molar-refractivity contribution < 1.29 is 9.53 Å². The summed E-state index contributed by atoms with van der Waals surface area (Å²) in [4.78, 5) is 12.9. The Balaban J connectivity index is 1.62. The van der Waals surface area contributed by atoms with E-state index in [1.165, 1.54) is 11.1 Å². The Morgan fingerprint density at radius 1 is 0.852 bits per heavy atom. The molecular weight excluding hydrogens is 334 g/mol. The molecule has 3 aromatic carbocycles. The van der Waals surface area contributed by atoms with E-state index in [-0.39, 0.29) is 11.8 Å². The molecular formula is C24H25NO2. The summed E-state index contributed by atoms with van der Waals surface area (Å²) >= 11 is 0. The first-order chi connectivity index (χ1) is 13.1. The van der Waals surface area contributed by atoms with Gasteiger partial charge in [-0.2, -0.15) is 0 Å². The van der Waals surface area contributed by atoms with E-state index in [0.717, 1.165) is 16.9 Å². The van der Waals surface area contributed by atoms with E-state index in [0.29, 0.717) is 13.2 Å². The highest BCUT2D eigenvalue weighted by molar-refractivity contribution is 5.87. The lowest BCUT2D eigenvalue weighted by Crippen LogP contribution is -2.33. The van der Waals surface area contributed by atoms with Crippen molar-refractivity contribution in [3.63, 3.8) is 0 Å². The van der Waals surface area contributed by atoms with Gasteiger partial charge >= 0.3 is 0 Å². The zero-order valence-corrected chi connectivity index (χ0v) is 15.8. The predicted octanol–water partition coefficient (Wildman–Crippen LogP) is 4.63. The van der Waals surface area contributed by atoms with Gasteiger partial charge in [-0.25, -0.2) is 0 Å². The van der Waals surface area contributed by atoms with E-state index in [4.69, 9.17) is 4.74 Å². The van der Waals surface area contributed by atoms with Crippen molar-refractivity contribution in [2.45, 2.75) is 19.8 Å². The maximum Gasteiger partial charge on any atom is 0.232 e. The summed E-state index contributed by atoms with van der Waals surface area (Å²) in [5, 5.41) is 3.01. The number of benzene rings is 3. The molecule has 0 bridgehead atoms. The van der Waals surface area contributed by atoms with Crippen molar-refractivity contribution >= 4 is 5.91 Å². The number of amides is 1. The molecule has 0 aliphatic carbocycles. The Bertz CT molecular complexity index is 836. The van der Waals surface area contributed by atoms with Crippen LogP contribution in [-0.2, 0) is 4.79 Å². The van der Waals surface area contributed by atoms with Crippen molar-refractivity contribution in [2.75, 3.05) is 13.2 Å². The van der Waals surface area contributed by atoms with Crippen LogP contribution in [0.3, 0.4) is 0 Å². The lowest BCUT2D eigenvalue weighted by atomic mass is 9.90. The molecule has 0 atom stereocenters. The van der Waals surface area contributed by atoms with Gasteiger partial charge in [0.25, 0.3) is 0 Å². The quantitative estimate of drug-likeness (QED) is 0.625. The molecule has 0 aliphatic heterocycles. The normalized spacial score (nSPS) is 10.6. The summed E-state index contributed by atoms with van der Waals surface area (Å²) in [5.74, 6) is 0.486. The second-order valence-corrected chi connectivity index (χ2v) is 6.64. The standard InChI is InChI=1S/C24H25NO2/c1-18-13-14-22(17-19(18)2)27-16-15-25-24(26)23(20-9-5-3-6-10-20)21-11-7-4-8-12-21/h3-14,17,23H,15-16H2,1-2H3,(H,25,26). The highest BCUT2D eigenvalue weighted by atomic mass is 16.5. The molecule has 1 amide bonds. The number of aryl methyl sites for hydroxylation is 2. The van der Waals surface area contributed by atoms with Crippen LogP contribution in [0.1, 0.15) is 28.2 Å². The highest BCUT2D eigenvalue weighted by Gasteiger charge is 2.21. The minimum absolute atomic E-state index is 0.0175. The van der Waals surface area contributed by atoms with E-state index in [9.17, 15) is 4.79 Å². The maximum atomic E-state index is 12.9. The molecule has 0 fully saturated rings. The fourth-order valence-electron chi connectivity index (χ4n) is 3.04. The smallest absolute Gasteiger partial charge is 0.232 e. The fraction of sp³-hybridized carbons (Fsp3) is 0.208. The number of carbonyl (C=O) groups excluding carboxylic acids is 1. The van der Waals surface area contributed by atoms with Gasteiger partial charge in [0.1, 0.15) is 12.4 Å². The zero-order valence-electron chi connectivity index (χ0n) is 15.8. The van der Waals surface area contributed by atoms with Gasteiger partial charge in [0, 0.05) is 0 Å². The number of rotatable bonds is 7. The Morgan fingerprint density at radius 3 is 2.00 bits per heavy atom. The van der Waals surface area contributed by atoms with E-state index >= 15 is 0 Å². The third kappa shape index (κ3) is 4.98. The molecule has 3 nitrogen and oxygen atoms in total. The van der Waals surface area contributed by atoms with Crippen LogP contribution in [0.25, 0.3) is 0 Å². The van der Waals surface area contributed by atoms with E-state index in [1.54, 1.807) is 0 Å². The van der Waals surface area contributed by atoms with Crippen molar-refractivity contribution in [2.24, 2.45) is 0 Å². The lowest BCUT2D eigenvalue weighted by molar-refractivity contribution is -0.121. The molecule has 0 aliphatic rings. The van der Waals surface area contributed by atoms with Gasteiger partial charge in [-0.05, 0) is 48.2 Å². The van der Waals surface area contributed by atoms with Crippen LogP contribution in [0.2, 0.25) is 0 Å². The van der Waals surface area contributed by atoms with E-state index in [2.05, 4.69) is 19.2 Å². The number of hydrogen-bond acceptors (Lipinski definition) is 2. The highest BCUT2D eigenvalue weighted by Crippen LogP contribution is 2.24. The molecule has 3 aromatic rings. The van der Waals surface area contributed by atoms with Crippen LogP contribution in [0, 0.1) is 13.8 Å². The van der Waals surface area contributed by atoms with Crippen LogP contribution < -0.4 is 10.1 Å². The van der Waals surface area contributed by atoms with E-state index < -0.39 is 0 Å². The summed E-state index contributed by atoms with van der Waals surface area (Å²) in [6.07, 6.45) is 0. The number of hydrogen-bond donors (Lipinski definition) is 1. The largest absolute Gasteiger partial charge is 0.492 e. The average molecular weight is 359 g/mol. The van der Waals surface area contributed by atoms with Gasteiger partial charge < -0.3 is 10.1 Å². The molecule has 1 N–H and O–H groups in total. The molecule has 0 unspecified atom stereocenters. The van der Waals surface area contributed by atoms with Crippen molar-refractivity contribution in [1.29, 1.82) is 0 Å². The fourth-order valence-corrected chi connectivity index (χ4v) is 3.04. The molecule has 27 heavy (non-hydrogen) atoms. The first-order valence-electron chi connectivity index (χ1n) is 9.23. The molecule has 3 rings (SSSR count). The minimum atomic E-state index is -0.325. The van der Waals surface area contributed by atoms with Crippen LogP contribution in [-0.4, -0.2) is 19.1 Å². The molecule has 3 heteroatoms. The molecule has 138 valence electrons. The van der Waals surface area contributed by atoms with Gasteiger partial charge in [-0.3, -0.25) is 4.79 Å². The van der Waals surface area contributed by atoms with Crippen LogP contribution in [0.4, 0.5) is 0 Å². The van der Waals surface area contributed by atoms with Crippen LogP contribution in [0.5, 0.6) is 5.75 Å². The summed E-state index contributed by atoms with van der Waals surface area (Å²) in [6, 6.07) is 25.7. The Labute approximate surface area is 161 Å². The number of ether oxygens (including phenoxy) is 1. The third-order valence-electron chi connectivity index (χ3n) is 4.68. The van der Waals surface area contributed by atoms with Crippen molar-refractivity contribution in [3.05, 3.63) is 101 Å². The third-order valence-corrected chi connectivity index (χ3v) is 4.68. The summed E-state index contributed by atoms with van der Waals surface area (Å²) in [6.45, 7) is 5.04. The molecule has 0 heterocycles. The van der Waals surface area contributed by atoms with Crippen LogP contribution >= 0.6 is 0 Å². The lowest BCUT2D eigenvalue weighted by Gasteiger charge is -2.18. The summed E-state index contributed by atoms with van der Waals surface area (Å²) in [5.41, 5.74) is 4.40. The molecule has 0 saturated heterocycles. The maximum absolute atomic E-state index is 12.9. The van der Waals surface area contributed by atoms with Gasteiger partial charge in [0.05, 0.1) is 12.5 Å². The number of nitrogens with one attached hydrogen (secondary N) is 1. The second-order valence-electron chi connectivity index (χ2n) is 6.64. The van der Waals surface area contributed by atoms with Crippen molar-refractivity contribution in [3.8, 4) is 5.75 Å². The summed E-state index contributed by atoms with van der Waals surface area (Å²) < 4.78 is 5.77. The van der Waals surface area contributed by atoms with Gasteiger partial charge in [0.15, 0.2) is 0 Å². The zero-order chi connectivity index (χ0) is 19.1. The Morgan fingerprint density at radius 2 is 1.44 bits per heavy atom. The Hall–Kier alpha value is -3.07. The Kier molecular flexibility index (Phi) is 6.26. The van der Waals surface area contributed by atoms with Gasteiger partial charge in [0.2, 0.25) is 5.91 Å². The molecule has 0 saturated carbocycles.